The molecule has 1 saturated carbocycles. The zero-order valence-electron chi connectivity index (χ0n) is 22.4. The maximum absolute atomic E-state index is 13.4. The third-order valence-corrected chi connectivity index (χ3v) is 9.84. The number of carbonyl (C=O) groups is 2. The Bertz CT molecular complexity index is 1260. The van der Waals surface area contributed by atoms with Crippen molar-refractivity contribution in [3.05, 3.63) is 74.7 Å². The Kier molecular flexibility index (Phi) is 8.48. The number of urea groups is 1. The molecule has 0 spiro atoms. The van der Waals surface area contributed by atoms with Gasteiger partial charge < -0.3 is 15.1 Å². The second kappa shape index (κ2) is 11.7. The highest BCUT2D eigenvalue weighted by Gasteiger charge is 2.51. The lowest BCUT2D eigenvalue weighted by molar-refractivity contribution is -0.00970. The van der Waals surface area contributed by atoms with Gasteiger partial charge in [-0.15, -0.1) is 0 Å². The Balaban J connectivity index is 1.20. The van der Waals surface area contributed by atoms with Crippen molar-refractivity contribution >= 4 is 52.4 Å². The highest BCUT2D eigenvalue weighted by Crippen LogP contribution is 2.59. The molecule has 39 heavy (non-hydrogen) atoms. The first kappa shape index (κ1) is 28.3. The third-order valence-electron chi connectivity index (χ3n) is 8.85. The molecule has 3 amide bonds. The maximum Gasteiger partial charge on any atom is 0.322 e. The first-order valence-electron chi connectivity index (χ1n) is 13.6. The molecule has 1 heterocycles. The molecule has 1 saturated heterocycles. The molecule has 6 nitrogen and oxygen atoms in total. The summed E-state index contributed by atoms with van der Waals surface area (Å²) >= 11 is 18.1. The van der Waals surface area contributed by atoms with E-state index in [-0.39, 0.29) is 11.9 Å². The monoisotopic (exact) mass is 588 g/mol. The number of nitrogens with one attached hydrogen (secondary N) is 1. The van der Waals surface area contributed by atoms with E-state index in [1.165, 1.54) is 12.0 Å². The number of hydrogen-bond donors (Lipinski definition) is 1. The number of rotatable bonds is 7. The average molecular weight is 590 g/mol. The molecule has 3 aliphatic carbocycles. The van der Waals surface area contributed by atoms with Gasteiger partial charge >= 0.3 is 6.03 Å². The van der Waals surface area contributed by atoms with Crippen LogP contribution in [0.1, 0.15) is 37.0 Å². The van der Waals surface area contributed by atoms with E-state index in [1.807, 2.05) is 21.9 Å². The Morgan fingerprint density at radius 2 is 1.72 bits per heavy atom. The Morgan fingerprint density at radius 1 is 1.00 bits per heavy atom. The van der Waals surface area contributed by atoms with Crippen molar-refractivity contribution in [3.63, 3.8) is 0 Å². The number of amides is 3. The van der Waals surface area contributed by atoms with Gasteiger partial charge in [-0.3, -0.25) is 9.69 Å². The molecule has 2 unspecified atom stereocenters. The normalized spacial score (nSPS) is 22.1. The van der Waals surface area contributed by atoms with Crippen LogP contribution in [0.4, 0.5) is 10.5 Å². The summed E-state index contributed by atoms with van der Waals surface area (Å²) in [6, 6.07) is 12.1. The van der Waals surface area contributed by atoms with E-state index in [1.54, 1.807) is 30.3 Å². The number of allylic oxidation sites excluding steroid dienone is 1. The van der Waals surface area contributed by atoms with Crippen molar-refractivity contribution in [2.24, 2.45) is 17.3 Å². The van der Waals surface area contributed by atoms with Crippen molar-refractivity contribution in [1.29, 1.82) is 0 Å². The minimum absolute atomic E-state index is 0.0390. The van der Waals surface area contributed by atoms with Crippen molar-refractivity contribution in [1.82, 2.24) is 14.7 Å². The van der Waals surface area contributed by atoms with Crippen LogP contribution in [-0.4, -0.2) is 72.5 Å². The quantitative estimate of drug-likeness (QED) is 0.356. The minimum atomic E-state index is -0.106. The topological polar surface area (TPSA) is 55.9 Å². The van der Waals surface area contributed by atoms with Crippen LogP contribution in [0, 0.1) is 17.3 Å². The van der Waals surface area contributed by atoms with Crippen molar-refractivity contribution in [2.75, 3.05) is 51.1 Å². The summed E-state index contributed by atoms with van der Waals surface area (Å²) in [6.07, 6.45) is 4.68. The molecule has 2 aromatic rings. The van der Waals surface area contributed by atoms with Crippen LogP contribution in [0.15, 0.2) is 54.1 Å². The molecule has 1 N–H and O–H groups in total. The fourth-order valence-electron chi connectivity index (χ4n) is 6.11. The van der Waals surface area contributed by atoms with Gasteiger partial charge in [0.05, 0.1) is 10.0 Å². The van der Waals surface area contributed by atoms with Crippen molar-refractivity contribution < 1.29 is 9.59 Å². The lowest BCUT2D eigenvalue weighted by Crippen LogP contribution is -2.52. The lowest BCUT2D eigenvalue weighted by Gasteiger charge is -2.57. The number of hydrogen-bond acceptors (Lipinski definition) is 3. The molecule has 9 heteroatoms. The fourth-order valence-corrected chi connectivity index (χ4v) is 6.54. The van der Waals surface area contributed by atoms with E-state index < -0.39 is 0 Å². The first-order valence-corrected chi connectivity index (χ1v) is 14.7. The second-order valence-corrected chi connectivity index (χ2v) is 12.7. The first-order chi connectivity index (χ1) is 18.6. The van der Waals surface area contributed by atoms with Crippen molar-refractivity contribution in [3.8, 4) is 0 Å². The van der Waals surface area contributed by atoms with Gasteiger partial charge in [0.2, 0.25) is 0 Å². The summed E-state index contributed by atoms with van der Waals surface area (Å²) in [4.78, 5) is 32.5. The maximum atomic E-state index is 13.4. The van der Waals surface area contributed by atoms with Crippen LogP contribution in [0.2, 0.25) is 15.1 Å². The van der Waals surface area contributed by atoms with Gasteiger partial charge in [-0.1, -0.05) is 60.3 Å². The molecule has 6 rings (SSSR count). The SMILES string of the molecule is CC1(C)C2CC=C(CN(CCN3CCN(C(=O)c4ccc(Cl)c(Cl)c4)CC3)C(=O)Nc3ccc(Cl)cc3)C1C2. The summed E-state index contributed by atoms with van der Waals surface area (Å²) in [5.41, 5.74) is 2.96. The Labute approximate surface area is 245 Å². The molecule has 2 fully saturated rings. The van der Waals surface area contributed by atoms with Crippen LogP contribution in [0.5, 0.6) is 0 Å². The van der Waals surface area contributed by atoms with E-state index in [0.717, 1.165) is 37.7 Å². The molecular formula is C30H35Cl3N4O2. The van der Waals surface area contributed by atoms with E-state index >= 15 is 0 Å². The molecule has 208 valence electrons. The lowest BCUT2D eigenvalue weighted by atomic mass is 9.49. The summed E-state index contributed by atoms with van der Waals surface area (Å²) < 4.78 is 0. The van der Waals surface area contributed by atoms with Crippen LogP contribution in [0.25, 0.3) is 0 Å². The molecule has 0 aromatic heterocycles. The Hall–Kier alpha value is -2.25. The van der Waals surface area contributed by atoms with Crippen LogP contribution >= 0.6 is 34.8 Å². The van der Waals surface area contributed by atoms with Crippen LogP contribution in [0.3, 0.4) is 0 Å². The average Bonchev–Trinajstić information content (AvgIpc) is 2.93. The van der Waals surface area contributed by atoms with E-state index in [0.29, 0.717) is 58.1 Å². The minimum Gasteiger partial charge on any atom is -0.336 e. The van der Waals surface area contributed by atoms with E-state index in [4.69, 9.17) is 34.8 Å². The van der Waals surface area contributed by atoms with Gasteiger partial charge in [-0.2, -0.15) is 0 Å². The third kappa shape index (κ3) is 6.25. The van der Waals surface area contributed by atoms with Crippen molar-refractivity contribution in [2.45, 2.75) is 26.7 Å². The van der Waals surface area contributed by atoms with E-state index in [2.05, 4.69) is 30.1 Å². The van der Waals surface area contributed by atoms with Crippen LogP contribution < -0.4 is 5.32 Å². The second-order valence-electron chi connectivity index (χ2n) is 11.4. The number of fused-ring (bicyclic) bond motifs is 1. The van der Waals surface area contributed by atoms with Gasteiger partial charge in [-0.05, 0) is 72.6 Å². The standard InChI is InChI=1S/C30H35Cl3N4O2/c1-30(2)22-5-3-21(25(30)18-22)19-37(29(39)34-24-8-6-23(31)7-9-24)16-13-35-11-14-36(15-12-35)28(38)20-4-10-26(32)27(33)17-20/h3-4,6-10,17,22,25H,5,11-16,18-19H2,1-2H3,(H,34,39). The van der Waals surface area contributed by atoms with Gasteiger partial charge in [0, 0.05) is 62.1 Å². The number of nitrogens with zero attached hydrogens (tertiary/aromatic N) is 3. The molecule has 0 radical (unpaired) electrons. The predicted molar refractivity (Wildman–Crippen MR) is 159 cm³/mol. The van der Waals surface area contributed by atoms with Gasteiger partial charge in [0.15, 0.2) is 0 Å². The largest absolute Gasteiger partial charge is 0.336 e. The number of halogens is 3. The molecule has 1 aliphatic heterocycles. The summed E-state index contributed by atoms with van der Waals surface area (Å²) in [6.45, 7) is 9.44. The smallest absolute Gasteiger partial charge is 0.322 e. The summed E-state index contributed by atoms with van der Waals surface area (Å²) in [5.74, 6) is 1.26. The highest BCUT2D eigenvalue weighted by molar-refractivity contribution is 6.42. The molecule has 2 aromatic carbocycles. The number of benzene rings is 2. The molecule has 2 bridgehead atoms. The zero-order chi connectivity index (χ0) is 27.7. The fraction of sp³-hybridized carbons (Fsp3) is 0.467. The van der Waals surface area contributed by atoms with E-state index in [9.17, 15) is 9.59 Å². The zero-order valence-corrected chi connectivity index (χ0v) is 24.7. The Morgan fingerprint density at radius 3 is 2.36 bits per heavy atom. The van der Waals surface area contributed by atoms with Gasteiger partial charge in [0.25, 0.3) is 5.91 Å². The number of anilines is 1. The predicted octanol–water partition coefficient (Wildman–Crippen LogP) is 6.93. The molecular weight excluding hydrogens is 555 g/mol. The summed E-state index contributed by atoms with van der Waals surface area (Å²) in [7, 11) is 0. The molecule has 4 aliphatic rings. The molecule has 2 atom stereocenters. The number of piperazine rings is 1. The highest BCUT2D eigenvalue weighted by atomic mass is 35.5. The number of carbonyl (C=O) groups excluding carboxylic acids is 2. The summed E-state index contributed by atoms with van der Waals surface area (Å²) in [5, 5.41) is 4.51. The van der Waals surface area contributed by atoms with Gasteiger partial charge in [-0.25, -0.2) is 4.79 Å². The van der Waals surface area contributed by atoms with Crippen LogP contribution in [-0.2, 0) is 0 Å². The van der Waals surface area contributed by atoms with Gasteiger partial charge in [0.1, 0.15) is 0 Å².